The number of aliphatic hydroxyl groups is 1. The number of rotatable bonds is 10. The molecule has 0 radical (unpaired) electrons. The number of unbranched alkanes of at least 4 members (excludes halogenated alkanes) is 2. The molecule has 0 saturated carbocycles. The molecule has 0 fully saturated rings. The van der Waals surface area contributed by atoms with Crippen molar-refractivity contribution < 1.29 is 9.84 Å². The van der Waals surface area contributed by atoms with Gasteiger partial charge >= 0.3 is 0 Å². The first-order valence-electron chi connectivity index (χ1n) is 7.32. The lowest BCUT2D eigenvalue weighted by Gasteiger charge is -2.11. The van der Waals surface area contributed by atoms with Crippen molar-refractivity contribution in [1.29, 1.82) is 0 Å². The lowest BCUT2D eigenvalue weighted by molar-refractivity contribution is 0.223. The third-order valence-electron chi connectivity index (χ3n) is 3.37. The summed E-state index contributed by atoms with van der Waals surface area (Å²) >= 11 is 0. The van der Waals surface area contributed by atoms with Crippen LogP contribution >= 0.6 is 0 Å². The van der Waals surface area contributed by atoms with Crippen LogP contribution in [0.5, 0.6) is 5.75 Å². The fraction of sp³-hybridized carbons (Fsp3) is 0.625. The van der Waals surface area contributed by atoms with E-state index >= 15 is 0 Å². The monoisotopic (exact) mass is 265 g/mol. The van der Waals surface area contributed by atoms with Crippen molar-refractivity contribution in [3.63, 3.8) is 0 Å². The zero-order valence-corrected chi connectivity index (χ0v) is 12.0. The second-order valence-electron chi connectivity index (χ2n) is 5.02. The van der Waals surface area contributed by atoms with Gasteiger partial charge in [0.2, 0.25) is 0 Å². The van der Waals surface area contributed by atoms with Crippen molar-refractivity contribution in [1.82, 2.24) is 0 Å². The molecule has 0 bridgehead atoms. The van der Waals surface area contributed by atoms with E-state index in [0.29, 0.717) is 6.54 Å². The fourth-order valence-electron chi connectivity index (χ4n) is 1.95. The fourth-order valence-corrected chi connectivity index (χ4v) is 1.95. The summed E-state index contributed by atoms with van der Waals surface area (Å²) in [5.74, 6) is 1.15. The summed E-state index contributed by atoms with van der Waals surface area (Å²) in [7, 11) is 0. The van der Waals surface area contributed by atoms with E-state index in [9.17, 15) is 0 Å². The van der Waals surface area contributed by atoms with Gasteiger partial charge in [-0.3, -0.25) is 0 Å². The maximum Gasteiger partial charge on any atom is 0.119 e. The quantitative estimate of drug-likeness (QED) is 0.640. The van der Waals surface area contributed by atoms with Crippen LogP contribution in [0.1, 0.15) is 38.2 Å². The van der Waals surface area contributed by atoms with Crippen molar-refractivity contribution >= 4 is 0 Å². The molecule has 0 aliphatic rings. The summed E-state index contributed by atoms with van der Waals surface area (Å²) in [5, 5.41) is 9.09. The average molecular weight is 265 g/mol. The number of nitrogens with two attached hydrogens (primary N) is 1. The first-order chi connectivity index (χ1) is 9.30. The highest BCUT2D eigenvalue weighted by Gasteiger charge is 2.05. The summed E-state index contributed by atoms with van der Waals surface area (Å²) in [4.78, 5) is 0. The Morgan fingerprint density at radius 1 is 1.21 bits per heavy atom. The molecule has 0 aliphatic carbocycles. The van der Waals surface area contributed by atoms with Gasteiger partial charge in [-0.05, 0) is 49.4 Å². The van der Waals surface area contributed by atoms with Crippen LogP contribution < -0.4 is 10.5 Å². The van der Waals surface area contributed by atoms with Gasteiger partial charge in [-0.25, -0.2) is 0 Å². The number of hydrogen-bond acceptors (Lipinski definition) is 3. The zero-order valence-electron chi connectivity index (χ0n) is 12.0. The predicted molar refractivity (Wildman–Crippen MR) is 79.4 cm³/mol. The third kappa shape index (κ3) is 6.60. The van der Waals surface area contributed by atoms with Gasteiger partial charge in [-0.15, -0.1) is 0 Å². The van der Waals surface area contributed by atoms with Gasteiger partial charge in [0.25, 0.3) is 0 Å². The van der Waals surface area contributed by atoms with E-state index in [1.807, 2.05) is 12.1 Å². The van der Waals surface area contributed by atoms with Gasteiger partial charge in [-0.2, -0.15) is 0 Å². The highest BCUT2D eigenvalue weighted by Crippen LogP contribution is 2.15. The van der Waals surface area contributed by atoms with E-state index in [0.717, 1.165) is 31.6 Å². The Labute approximate surface area is 116 Å². The normalized spacial score (nSPS) is 12.4. The molecule has 0 heterocycles. The van der Waals surface area contributed by atoms with Gasteiger partial charge < -0.3 is 15.6 Å². The van der Waals surface area contributed by atoms with Gasteiger partial charge in [0.05, 0.1) is 6.61 Å². The molecule has 0 amide bonds. The average Bonchev–Trinajstić information content (AvgIpc) is 2.46. The van der Waals surface area contributed by atoms with Crippen LogP contribution in [0.2, 0.25) is 0 Å². The summed E-state index contributed by atoms with van der Waals surface area (Å²) in [6.45, 7) is 3.72. The van der Waals surface area contributed by atoms with Crippen LogP contribution in [0.15, 0.2) is 24.3 Å². The molecule has 3 heteroatoms. The van der Waals surface area contributed by atoms with Crippen molar-refractivity contribution in [3.05, 3.63) is 29.8 Å². The molecule has 0 saturated heterocycles. The van der Waals surface area contributed by atoms with E-state index in [1.165, 1.54) is 18.4 Å². The van der Waals surface area contributed by atoms with Crippen molar-refractivity contribution in [2.75, 3.05) is 19.8 Å². The second-order valence-corrected chi connectivity index (χ2v) is 5.02. The maximum absolute atomic E-state index is 9.09. The molecule has 1 aromatic rings. The Morgan fingerprint density at radius 2 is 1.95 bits per heavy atom. The largest absolute Gasteiger partial charge is 0.494 e. The van der Waals surface area contributed by atoms with Crippen LogP contribution in [-0.4, -0.2) is 24.9 Å². The van der Waals surface area contributed by atoms with Crippen LogP contribution in [-0.2, 0) is 6.42 Å². The van der Waals surface area contributed by atoms with Crippen molar-refractivity contribution in [3.8, 4) is 5.75 Å². The lowest BCUT2D eigenvalue weighted by Crippen LogP contribution is -2.18. The number of benzene rings is 1. The maximum atomic E-state index is 9.09. The van der Waals surface area contributed by atoms with Crippen LogP contribution in [0.3, 0.4) is 0 Å². The molecule has 19 heavy (non-hydrogen) atoms. The lowest BCUT2D eigenvalue weighted by atomic mass is 10.0. The second kappa shape index (κ2) is 9.82. The Bertz CT molecular complexity index is 320. The third-order valence-corrected chi connectivity index (χ3v) is 3.37. The summed E-state index contributed by atoms with van der Waals surface area (Å²) in [5.41, 5.74) is 6.84. The van der Waals surface area contributed by atoms with Gasteiger partial charge in [-0.1, -0.05) is 31.9 Å². The molecule has 0 aromatic heterocycles. The molecule has 1 aromatic carbocycles. The molecule has 1 unspecified atom stereocenters. The van der Waals surface area contributed by atoms with Crippen LogP contribution in [0.4, 0.5) is 0 Å². The highest BCUT2D eigenvalue weighted by molar-refractivity contribution is 5.27. The standard InChI is InChI=1S/C16H27NO2/c1-2-3-4-11-19-16-9-7-14(8-10-16)5-6-15(12-17)13-18/h7-10,15,18H,2-6,11-13,17H2,1H3. The predicted octanol–water partition coefficient (Wildman–Crippen LogP) is 2.76. The van der Waals surface area contributed by atoms with E-state index in [-0.39, 0.29) is 12.5 Å². The van der Waals surface area contributed by atoms with E-state index in [2.05, 4.69) is 19.1 Å². The summed E-state index contributed by atoms with van der Waals surface area (Å²) in [6.07, 6.45) is 5.45. The van der Waals surface area contributed by atoms with Gasteiger partial charge in [0.1, 0.15) is 5.75 Å². The van der Waals surface area contributed by atoms with Gasteiger partial charge in [0.15, 0.2) is 0 Å². The molecule has 1 atom stereocenters. The smallest absolute Gasteiger partial charge is 0.119 e. The van der Waals surface area contributed by atoms with E-state index in [4.69, 9.17) is 15.6 Å². The molecule has 1 rings (SSSR count). The number of aliphatic hydroxyl groups excluding tert-OH is 1. The number of ether oxygens (including phenoxy) is 1. The van der Waals surface area contributed by atoms with Crippen molar-refractivity contribution in [2.24, 2.45) is 11.7 Å². The summed E-state index contributed by atoms with van der Waals surface area (Å²) in [6, 6.07) is 8.25. The SMILES string of the molecule is CCCCCOc1ccc(CCC(CN)CO)cc1. The molecule has 0 spiro atoms. The highest BCUT2D eigenvalue weighted by atomic mass is 16.5. The van der Waals surface area contributed by atoms with E-state index in [1.54, 1.807) is 0 Å². The minimum Gasteiger partial charge on any atom is -0.494 e. The molecular formula is C16H27NO2. The Morgan fingerprint density at radius 3 is 2.53 bits per heavy atom. The van der Waals surface area contributed by atoms with Crippen LogP contribution in [0.25, 0.3) is 0 Å². The number of hydrogen-bond donors (Lipinski definition) is 2. The Balaban J connectivity index is 2.30. The minimum absolute atomic E-state index is 0.176. The minimum atomic E-state index is 0.176. The Kier molecular flexibility index (Phi) is 8.26. The first-order valence-corrected chi connectivity index (χ1v) is 7.32. The molecule has 3 nitrogen and oxygen atoms in total. The van der Waals surface area contributed by atoms with Gasteiger partial charge in [0, 0.05) is 6.61 Å². The molecule has 0 aliphatic heterocycles. The number of aryl methyl sites for hydroxylation is 1. The van der Waals surface area contributed by atoms with Crippen molar-refractivity contribution in [2.45, 2.75) is 39.0 Å². The topological polar surface area (TPSA) is 55.5 Å². The van der Waals surface area contributed by atoms with E-state index < -0.39 is 0 Å². The zero-order chi connectivity index (χ0) is 13.9. The van der Waals surface area contributed by atoms with Crippen LogP contribution in [0, 0.1) is 5.92 Å². The first kappa shape index (κ1) is 16.0. The summed E-state index contributed by atoms with van der Waals surface area (Å²) < 4.78 is 5.67. The molecule has 108 valence electrons. The molecule has 3 N–H and O–H groups in total. The Hall–Kier alpha value is -1.06. The molecular weight excluding hydrogens is 238 g/mol.